The summed E-state index contributed by atoms with van der Waals surface area (Å²) < 4.78 is 0. The summed E-state index contributed by atoms with van der Waals surface area (Å²) in [5.74, 6) is 0.187. The number of nitrogen functional groups attached to an aromatic ring is 2. The predicted octanol–water partition coefficient (Wildman–Crippen LogP) is 2.98. The Kier molecular flexibility index (Phi) is 3.93. The molecule has 0 bridgehead atoms. The first-order valence-electron chi connectivity index (χ1n) is 5.46. The van der Waals surface area contributed by atoms with Crippen molar-refractivity contribution in [2.45, 2.75) is 6.42 Å². The molecule has 1 aromatic heterocycles. The molecule has 1 heterocycles. The number of carbonyl (C=O) groups excluding carboxylic acids is 1. The van der Waals surface area contributed by atoms with Crippen LogP contribution in [0.2, 0.25) is 10.0 Å². The number of hydrogen-bond donors (Lipinski definition) is 2. The first-order valence-corrected chi connectivity index (χ1v) is 6.21. The molecule has 1 aromatic carbocycles. The van der Waals surface area contributed by atoms with Crippen LogP contribution in [-0.2, 0) is 6.42 Å². The molecule has 98 valence electrons. The van der Waals surface area contributed by atoms with Gasteiger partial charge in [0.2, 0.25) is 0 Å². The Bertz CT molecular complexity index is 621. The van der Waals surface area contributed by atoms with Gasteiger partial charge >= 0.3 is 0 Å². The SMILES string of the molecule is Nc1ncccc1CC(=O)c1cc(Cl)c(N)c(Cl)c1. The van der Waals surface area contributed by atoms with Crippen molar-refractivity contribution in [1.29, 1.82) is 0 Å². The van der Waals surface area contributed by atoms with Crippen molar-refractivity contribution in [2.75, 3.05) is 11.5 Å². The van der Waals surface area contributed by atoms with Crippen LogP contribution in [-0.4, -0.2) is 10.8 Å². The van der Waals surface area contributed by atoms with Crippen LogP contribution in [0.3, 0.4) is 0 Å². The Balaban J connectivity index is 2.28. The number of pyridine rings is 1. The molecule has 6 heteroatoms. The highest BCUT2D eigenvalue weighted by Gasteiger charge is 2.13. The van der Waals surface area contributed by atoms with Crippen LogP contribution < -0.4 is 11.5 Å². The van der Waals surface area contributed by atoms with Crippen LogP contribution >= 0.6 is 23.2 Å². The van der Waals surface area contributed by atoms with E-state index in [-0.39, 0.29) is 27.9 Å². The Morgan fingerprint density at radius 2 is 1.84 bits per heavy atom. The maximum atomic E-state index is 12.1. The molecule has 0 aliphatic heterocycles. The molecule has 0 amide bonds. The average Bonchev–Trinajstić information content (AvgIpc) is 2.38. The molecule has 0 unspecified atom stereocenters. The van der Waals surface area contributed by atoms with Gasteiger partial charge in [-0.25, -0.2) is 4.98 Å². The number of benzene rings is 1. The van der Waals surface area contributed by atoms with E-state index in [1.165, 1.54) is 12.1 Å². The van der Waals surface area contributed by atoms with Gasteiger partial charge in [0.05, 0.1) is 15.7 Å². The number of halogens is 2. The van der Waals surface area contributed by atoms with Crippen molar-refractivity contribution in [1.82, 2.24) is 4.98 Å². The van der Waals surface area contributed by atoms with Gasteiger partial charge < -0.3 is 11.5 Å². The van der Waals surface area contributed by atoms with Crippen molar-refractivity contribution < 1.29 is 4.79 Å². The first-order chi connectivity index (χ1) is 8.99. The summed E-state index contributed by atoms with van der Waals surface area (Å²) in [6.45, 7) is 0. The van der Waals surface area contributed by atoms with E-state index in [2.05, 4.69) is 4.98 Å². The predicted molar refractivity (Wildman–Crippen MR) is 77.6 cm³/mol. The van der Waals surface area contributed by atoms with E-state index in [1.54, 1.807) is 18.3 Å². The van der Waals surface area contributed by atoms with Crippen molar-refractivity contribution >= 4 is 40.5 Å². The number of nitrogens with two attached hydrogens (primary N) is 2. The number of rotatable bonds is 3. The minimum atomic E-state index is -0.150. The van der Waals surface area contributed by atoms with Gasteiger partial charge in [0, 0.05) is 23.7 Å². The summed E-state index contributed by atoms with van der Waals surface area (Å²) >= 11 is 11.8. The summed E-state index contributed by atoms with van der Waals surface area (Å²) in [4.78, 5) is 16.1. The second-order valence-corrected chi connectivity index (χ2v) is 4.82. The lowest BCUT2D eigenvalue weighted by molar-refractivity contribution is 0.0993. The van der Waals surface area contributed by atoms with Crippen LogP contribution in [0, 0.1) is 0 Å². The molecule has 2 aromatic rings. The van der Waals surface area contributed by atoms with Crippen molar-refractivity contribution in [2.24, 2.45) is 0 Å². The summed E-state index contributed by atoms with van der Waals surface area (Å²) in [5, 5.41) is 0.519. The van der Waals surface area contributed by atoms with Gasteiger partial charge in [0.1, 0.15) is 5.82 Å². The Labute approximate surface area is 120 Å². The third-order valence-electron chi connectivity index (χ3n) is 2.68. The highest BCUT2D eigenvalue weighted by Crippen LogP contribution is 2.29. The van der Waals surface area contributed by atoms with E-state index in [0.717, 1.165) is 0 Å². The highest BCUT2D eigenvalue weighted by molar-refractivity contribution is 6.39. The monoisotopic (exact) mass is 295 g/mol. The normalized spacial score (nSPS) is 10.4. The summed E-state index contributed by atoms with van der Waals surface area (Å²) in [7, 11) is 0. The molecule has 0 radical (unpaired) electrons. The van der Waals surface area contributed by atoms with Gasteiger partial charge in [0.15, 0.2) is 5.78 Å². The molecule has 0 spiro atoms. The zero-order valence-corrected chi connectivity index (χ0v) is 11.4. The molecule has 0 aliphatic rings. The van der Waals surface area contributed by atoms with Crippen molar-refractivity contribution in [3.63, 3.8) is 0 Å². The molecular weight excluding hydrogens is 285 g/mol. The number of hydrogen-bond acceptors (Lipinski definition) is 4. The molecular formula is C13H11Cl2N3O. The third kappa shape index (κ3) is 2.97. The molecule has 0 saturated carbocycles. The summed E-state index contributed by atoms with van der Waals surface area (Å²) in [6.07, 6.45) is 1.70. The van der Waals surface area contributed by atoms with Crippen molar-refractivity contribution in [3.8, 4) is 0 Å². The van der Waals surface area contributed by atoms with E-state index >= 15 is 0 Å². The van der Waals surface area contributed by atoms with Crippen LogP contribution in [0.15, 0.2) is 30.5 Å². The lowest BCUT2D eigenvalue weighted by Crippen LogP contribution is -2.07. The molecule has 0 aliphatic carbocycles. The number of nitrogens with zero attached hydrogens (tertiary/aromatic N) is 1. The quantitative estimate of drug-likeness (QED) is 0.674. The zero-order valence-electron chi connectivity index (χ0n) is 9.86. The smallest absolute Gasteiger partial charge is 0.167 e. The second-order valence-electron chi connectivity index (χ2n) is 4.00. The molecule has 0 saturated heterocycles. The van der Waals surface area contributed by atoms with Gasteiger partial charge in [-0.05, 0) is 18.2 Å². The first kappa shape index (κ1) is 13.6. The minimum Gasteiger partial charge on any atom is -0.396 e. The number of ketones is 1. The number of Topliss-reactive ketones (excluding diaryl/α,β-unsaturated/α-hetero) is 1. The topological polar surface area (TPSA) is 82.0 Å². The largest absolute Gasteiger partial charge is 0.396 e. The van der Waals surface area contributed by atoms with Crippen LogP contribution in [0.25, 0.3) is 0 Å². The molecule has 19 heavy (non-hydrogen) atoms. The maximum Gasteiger partial charge on any atom is 0.167 e. The minimum absolute atomic E-state index is 0.135. The number of carbonyl (C=O) groups is 1. The average molecular weight is 296 g/mol. The molecule has 4 N–H and O–H groups in total. The van der Waals surface area contributed by atoms with E-state index in [4.69, 9.17) is 34.7 Å². The van der Waals surface area contributed by atoms with Crippen LogP contribution in [0.5, 0.6) is 0 Å². The van der Waals surface area contributed by atoms with Gasteiger partial charge in [-0.1, -0.05) is 29.3 Å². The second kappa shape index (κ2) is 5.47. The fourth-order valence-electron chi connectivity index (χ4n) is 1.62. The summed E-state index contributed by atoms with van der Waals surface area (Å²) in [6, 6.07) is 6.47. The van der Waals surface area contributed by atoms with E-state index in [0.29, 0.717) is 16.9 Å². The van der Waals surface area contributed by atoms with E-state index in [1.807, 2.05) is 0 Å². The Morgan fingerprint density at radius 1 is 1.21 bits per heavy atom. The zero-order chi connectivity index (χ0) is 14.0. The molecule has 0 atom stereocenters. The third-order valence-corrected chi connectivity index (χ3v) is 3.30. The van der Waals surface area contributed by atoms with E-state index < -0.39 is 0 Å². The lowest BCUT2D eigenvalue weighted by Gasteiger charge is -2.07. The van der Waals surface area contributed by atoms with Gasteiger partial charge in [-0.15, -0.1) is 0 Å². The van der Waals surface area contributed by atoms with Gasteiger partial charge in [0.25, 0.3) is 0 Å². The van der Waals surface area contributed by atoms with Crippen LogP contribution in [0.1, 0.15) is 15.9 Å². The van der Waals surface area contributed by atoms with Gasteiger partial charge in [-0.2, -0.15) is 0 Å². The maximum absolute atomic E-state index is 12.1. The van der Waals surface area contributed by atoms with Gasteiger partial charge in [-0.3, -0.25) is 4.79 Å². The number of anilines is 2. The molecule has 2 rings (SSSR count). The van der Waals surface area contributed by atoms with E-state index in [9.17, 15) is 4.79 Å². The lowest BCUT2D eigenvalue weighted by atomic mass is 10.0. The van der Waals surface area contributed by atoms with Crippen LogP contribution in [0.4, 0.5) is 11.5 Å². The fraction of sp³-hybridized carbons (Fsp3) is 0.0769. The number of aromatic nitrogens is 1. The standard InChI is InChI=1S/C13H11Cl2N3O/c14-9-4-8(5-10(15)12(9)16)11(19)6-7-2-1-3-18-13(7)17/h1-5H,6,16H2,(H2,17,18). The highest BCUT2D eigenvalue weighted by atomic mass is 35.5. The fourth-order valence-corrected chi connectivity index (χ4v) is 2.11. The Hall–Kier alpha value is -1.78. The molecule has 0 fully saturated rings. The summed E-state index contributed by atoms with van der Waals surface area (Å²) in [5.41, 5.74) is 12.6. The Morgan fingerprint density at radius 3 is 2.42 bits per heavy atom. The molecule has 4 nitrogen and oxygen atoms in total. The van der Waals surface area contributed by atoms with Crippen molar-refractivity contribution in [3.05, 3.63) is 51.6 Å².